The minimum Gasteiger partial charge on any atom is -0.303 e. The topological polar surface area (TPSA) is 20.3 Å². The number of aldehydes is 1. The Kier molecular flexibility index (Phi) is 2.18. The van der Waals surface area contributed by atoms with Gasteiger partial charge in [0.1, 0.15) is 6.29 Å². The molecule has 0 amide bonds. The van der Waals surface area contributed by atoms with E-state index in [0.29, 0.717) is 0 Å². The van der Waals surface area contributed by atoms with Crippen LogP contribution in [0.1, 0.15) is 32.1 Å². The van der Waals surface area contributed by atoms with Crippen molar-refractivity contribution in [2.75, 3.05) is 19.6 Å². The van der Waals surface area contributed by atoms with E-state index in [1.165, 1.54) is 38.6 Å². The van der Waals surface area contributed by atoms with E-state index >= 15 is 0 Å². The summed E-state index contributed by atoms with van der Waals surface area (Å²) in [5.74, 6) is 0. The highest BCUT2D eigenvalue weighted by atomic mass is 16.1. The fourth-order valence-electron chi connectivity index (χ4n) is 2.04. The van der Waals surface area contributed by atoms with Crippen LogP contribution in [0.5, 0.6) is 0 Å². The van der Waals surface area contributed by atoms with Crippen LogP contribution in [0.15, 0.2) is 0 Å². The second-order valence-corrected chi connectivity index (χ2v) is 4.32. The van der Waals surface area contributed by atoms with E-state index < -0.39 is 0 Å². The van der Waals surface area contributed by atoms with Crippen molar-refractivity contribution >= 4 is 6.29 Å². The Morgan fingerprint density at radius 2 is 1.83 bits per heavy atom. The molecule has 0 bridgehead atoms. The molecule has 2 nitrogen and oxygen atoms in total. The smallest absolute Gasteiger partial charge is 0.127 e. The van der Waals surface area contributed by atoms with Gasteiger partial charge in [0.15, 0.2) is 0 Å². The molecule has 0 aromatic rings. The summed E-state index contributed by atoms with van der Waals surface area (Å²) in [6.45, 7) is 3.47. The molecule has 0 aromatic heterocycles. The lowest BCUT2D eigenvalue weighted by atomic mass is 10.1. The highest BCUT2D eigenvalue weighted by Crippen LogP contribution is 2.44. The van der Waals surface area contributed by atoms with Gasteiger partial charge in [-0.1, -0.05) is 6.42 Å². The summed E-state index contributed by atoms with van der Waals surface area (Å²) >= 11 is 0. The molecule has 0 atom stereocenters. The van der Waals surface area contributed by atoms with E-state index in [1.807, 2.05) is 0 Å². The first-order valence-electron chi connectivity index (χ1n) is 5.03. The number of rotatable bonds is 3. The van der Waals surface area contributed by atoms with Gasteiger partial charge in [0, 0.05) is 12.0 Å². The van der Waals surface area contributed by atoms with Gasteiger partial charge in [0.2, 0.25) is 0 Å². The summed E-state index contributed by atoms with van der Waals surface area (Å²) in [7, 11) is 0. The van der Waals surface area contributed by atoms with Gasteiger partial charge in [-0.05, 0) is 38.8 Å². The molecule has 1 saturated carbocycles. The molecule has 68 valence electrons. The number of piperidine rings is 1. The molecule has 0 aromatic carbocycles. The Bertz CT molecular complexity index is 169. The molecule has 1 aliphatic carbocycles. The van der Waals surface area contributed by atoms with Gasteiger partial charge in [-0.15, -0.1) is 0 Å². The maximum atomic E-state index is 10.7. The Balaban J connectivity index is 1.81. The minimum atomic E-state index is 0.0946. The zero-order valence-electron chi connectivity index (χ0n) is 7.59. The summed E-state index contributed by atoms with van der Waals surface area (Å²) in [5, 5.41) is 0. The Morgan fingerprint density at radius 1 is 1.17 bits per heavy atom. The third-order valence-corrected chi connectivity index (χ3v) is 3.13. The second-order valence-electron chi connectivity index (χ2n) is 4.32. The Hall–Kier alpha value is -0.370. The zero-order valence-corrected chi connectivity index (χ0v) is 7.59. The van der Waals surface area contributed by atoms with E-state index in [9.17, 15) is 4.79 Å². The third-order valence-electron chi connectivity index (χ3n) is 3.13. The zero-order chi connectivity index (χ0) is 8.44. The molecule has 0 unspecified atom stereocenters. The summed E-state index contributed by atoms with van der Waals surface area (Å²) < 4.78 is 0. The fraction of sp³-hybridized carbons (Fsp3) is 0.900. The molecule has 1 saturated heterocycles. The van der Waals surface area contributed by atoms with Crippen molar-refractivity contribution in [2.24, 2.45) is 5.41 Å². The van der Waals surface area contributed by atoms with Gasteiger partial charge >= 0.3 is 0 Å². The van der Waals surface area contributed by atoms with E-state index in [4.69, 9.17) is 0 Å². The van der Waals surface area contributed by atoms with Crippen molar-refractivity contribution in [1.29, 1.82) is 0 Å². The van der Waals surface area contributed by atoms with Gasteiger partial charge in [0.25, 0.3) is 0 Å². The van der Waals surface area contributed by atoms with Crippen molar-refractivity contribution in [1.82, 2.24) is 4.90 Å². The van der Waals surface area contributed by atoms with Gasteiger partial charge in [-0.25, -0.2) is 0 Å². The molecule has 12 heavy (non-hydrogen) atoms. The average molecular weight is 167 g/mol. The molecule has 1 heterocycles. The van der Waals surface area contributed by atoms with Crippen molar-refractivity contribution in [3.8, 4) is 0 Å². The van der Waals surface area contributed by atoms with E-state index in [1.54, 1.807) is 0 Å². The Morgan fingerprint density at radius 3 is 2.33 bits per heavy atom. The van der Waals surface area contributed by atoms with Crippen LogP contribution in [-0.2, 0) is 4.79 Å². The standard InChI is InChI=1S/C10H17NO/c12-9-10(4-5-10)8-11-6-2-1-3-7-11/h9H,1-8H2. The highest BCUT2D eigenvalue weighted by Gasteiger charge is 2.43. The van der Waals surface area contributed by atoms with Crippen LogP contribution < -0.4 is 0 Å². The predicted octanol–water partition coefficient (Wildman–Crippen LogP) is 1.45. The summed E-state index contributed by atoms with van der Waals surface area (Å²) in [5.41, 5.74) is 0.0946. The Labute approximate surface area is 73.9 Å². The molecule has 2 aliphatic rings. The molecular weight excluding hydrogens is 150 g/mol. The summed E-state index contributed by atoms with van der Waals surface area (Å²) in [4.78, 5) is 13.2. The van der Waals surface area contributed by atoms with Crippen LogP contribution in [0.3, 0.4) is 0 Å². The van der Waals surface area contributed by atoms with Crippen LogP contribution in [0, 0.1) is 5.41 Å². The van der Waals surface area contributed by atoms with Crippen LogP contribution in [0.25, 0.3) is 0 Å². The van der Waals surface area contributed by atoms with Crippen LogP contribution in [-0.4, -0.2) is 30.8 Å². The molecule has 1 aliphatic heterocycles. The van der Waals surface area contributed by atoms with Crippen molar-refractivity contribution in [3.63, 3.8) is 0 Å². The number of hydrogen-bond donors (Lipinski definition) is 0. The largest absolute Gasteiger partial charge is 0.303 e. The van der Waals surface area contributed by atoms with Gasteiger partial charge in [-0.2, -0.15) is 0 Å². The second kappa shape index (κ2) is 3.17. The van der Waals surface area contributed by atoms with E-state index in [-0.39, 0.29) is 5.41 Å². The number of likely N-dealkylation sites (tertiary alicyclic amines) is 1. The minimum absolute atomic E-state index is 0.0946. The molecular formula is C10H17NO. The first-order chi connectivity index (χ1) is 5.85. The van der Waals surface area contributed by atoms with Crippen LogP contribution >= 0.6 is 0 Å². The maximum absolute atomic E-state index is 10.7. The molecule has 2 heteroatoms. The lowest BCUT2D eigenvalue weighted by Crippen LogP contribution is -2.35. The molecule has 0 radical (unpaired) electrons. The molecule has 2 rings (SSSR count). The first-order valence-corrected chi connectivity index (χ1v) is 5.03. The quantitative estimate of drug-likeness (QED) is 0.593. The van der Waals surface area contributed by atoms with Gasteiger partial charge in [-0.3, -0.25) is 0 Å². The first kappa shape index (κ1) is 8.24. The van der Waals surface area contributed by atoms with Crippen molar-refractivity contribution in [3.05, 3.63) is 0 Å². The lowest BCUT2D eigenvalue weighted by molar-refractivity contribution is -0.112. The van der Waals surface area contributed by atoms with Crippen LogP contribution in [0.2, 0.25) is 0 Å². The molecule has 0 N–H and O–H groups in total. The highest BCUT2D eigenvalue weighted by molar-refractivity contribution is 5.63. The normalized spacial score (nSPS) is 28.3. The number of nitrogens with zero attached hydrogens (tertiary/aromatic N) is 1. The van der Waals surface area contributed by atoms with E-state index in [2.05, 4.69) is 4.90 Å². The predicted molar refractivity (Wildman–Crippen MR) is 48.0 cm³/mol. The SMILES string of the molecule is O=CC1(CN2CCCCC2)CC1. The number of carbonyl (C=O) groups is 1. The van der Waals surface area contributed by atoms with Crippen molar-refractivity contribution < 1.29 is 4.79 Å². The third kappa shape index (κ3) is 1.69. The number of hydrogen-bond acceptors (Lipinski definition) is 2. The van der Waals surface area contributed by atoms with Gasteiger partial charge in [0.05, 0.1) is 0 Å². The molecule has 2 fully saturated rings. The maximum Gasteiger partial charge on any atom is 0.127 e. The van der Waals surface area contributed by atoms with Crippen LogP contribution in [0.4, 0.5) is 0 Å². The summed E-state index contributed by atoms with van der Waals surface area (Å²) in [6.07, 6.45) is 7.48. The lowest BCUT2D eigenvalue weighted by Gasteiger charge is -2.28. The van der Waals surface area contributed by atoms with Crippen molar-refractivity contribution in [2.45, 2.75) is 32.1 Å². The van der Waals surface area contributed by atoms with E-state index in [0.717, 1.165) is 19.4 Å². The average Bonchev–Trinajstić information content (AvgIpc) is 2.88. The monoisotopic (exact) mass is 167 g/mol. The molecule has 0 spiro atoms. The number of carbonyl (C=O) groups excluding carboxylic acids is 1. The fourth-order valence-corrected chi connectivity index (χ4v) is 2.04. The van der Waals surface area contributed by atoms with Gasteiger partial charge < -0.3 is 9.69 Å². The summed E-state index contributed by atoms with van der Waals surface area (Å²) in [6, 6.07) is 0.